The van der Waals surface area contributed by atoms with Gasteiger partial charge in [-0.3, -0.25) is 9.59 Å². The van der Waals surface area contributed by atoms with Gasteiger partial charge in [0.15, 0.2) is 0 Å². The van der Waals surface area contributed by atoms with Crippen molar-refractivity contribution in [1.29, 1.82) is 0 Å². The Hall–Kier alpha value is -3.26. The second-order valence-corrected chi connectivity index (χ2v) is 6.48. The van der Waals surface area contributed by atoms with Crippen LogP contribution in [0.2, 0.25) is 5.02 Å². The van der Waals surface area contributed by atoms with Crippen molar-refractivity contribution in [3.63, 3.8) is 0 Å². The van der Waals surface area contributed by atoms with Crippen molar-refractivity contribution in [1.82, 2.24) is 20.2 Å². The first-order valence-corrected chi connectivity index (χ1v) is 8.74. The molecule has 27 heavy (non-hydrogen) atoms. The molecular formula is C18H15ClN6O2. The van der Waals surface area contributed by atoms with E-state index in [2.05, 4.69) is 20.8 Å². The molecule has 2 amide bonds. The predicted molar refractivity (Wildman–Crippen MR) is 100 cm³/mol. The number of carbonyl (C=O) groups is 2. The van der Waals surface area contributed by atoms with Crippen molar-refractivity contribution < 1.29 is 9.59 Å². The lowest BCUT2D eigenvalue weighted by molar-refractivity contribution is -0.117. The normalized spacial score (nSPS) is 13.8. The average Bonchev–Trinajstić information content (AvgIpc) is 3.35. The summed E-state index contributed by atoms with van der Waals surface area (Å²) in [7, 11) is 0. The third-order valence-electron chi connectivity index (χ3n) is 4.31. The van der Waals surface area contributed by atoms with Crippen LogP contribution < -0.4 is 10.2 Å². The number of rotatable bonds is 4. The molecule has 2 aromatic carbocycles. The largest absolute Gasteiger partial charge is 0.321 e. The molecule has 1 aromatic heterocycles. The molecule has 0 unspecified atom stereocenters. The van der Waals surface area contributed by atoms with Crippen LogP contribution in [-0.4, -0.2) is 38.6 Å². The van der Waals surface area contributed by atoms with Crippen molar-refractivity contribution in [3.05, 3.63) is 59.4 Å². The van der Waals surface area contributed by atoms with Crippen molar-refractivity contribution in [3.8, 4) is 5.69 Å². The zero-order chi connectivity index (χ0) is 18.8. The summed E-state index contributed by atoms with van der Waals surface area (Å²) >= 11 is 6.23. The number of hydrogen-bond acceptors (Lipinski definition) is 5. The maximum absolute atomic E-state index is 12.7. The number of nitrogens with zero attached hydrogens (tertiary/aromatic N) is 5. The Balaban J connectivity index is 1.58. The van der Waals surface area contributed by atoms with E-state index >= 15 is 0 Å². The Morgan fingerprint density at radius 3 is 2.78 bits per heavy atom. The molecule has 1 saturated heterocycles. The molecule has 8 nitrogen and oxygen atoms in total. The second-order valence-electron chi connectivity index (χ2n) is 6.07. The molecule has 136 valence electrons. The molecule has 1 fully saturated rings. The lowest BCUT2D eigenvalue weighted by Crippen LogP contribution is -2.23. The Kier molecular flexibility index (Phi) is 4.55. The third-order valence-corrected chi connectivity index (χ3v) is 4.63. The Morgan fingerprint density at radius 1 is 1.15 bits per heavy atom. The summed E-state index contributed by atoms with van der Waals surface area (Å²) in [6, 6.07) is 12.1. The standard InChI is InChI=1S/C18H15ClN6O2/c19-15-7-6-13(24-8-2-5-17(24)26)10-16(15)21-18(27)12-3-1-4-14(9-12)25-11-20-22-23-25/h1,3-4,6-7,9-11H,2,5,8H2,(H,21,27). The lowest BCUT2D eigenvalue weighted by atomic mass is 10.1. The minimum atomic E-state index is -0.322. The summed E-state index contributed by atoms with van der Waals surface area (Å²) < 4.78 is 1.46. The molecule has 0 radical (unpaired) electrons. The first-order chi connectivity index (χ1) is 13.1. The molecule has 0 atom stereocenters. The highest BCUT2D eigenvalue weighted by Crippen LogP contribution is 2.30. The van der Waals surface area contributed by atoms with Crippen molar-refractivity contribution in [2.75, 3.05) is 16.8 Å². The first kappa shape index (κ1) is 17.2. The minimum absolute atomic E-state index is 0.0729. The monoisotopic (exact) mass is 382 g/mol. The van der Waals surface area contributed by atoms with Gasteiger partial charge in [0.1, 0.15) is 6.33 Å². The fourth-order valence-electron chi connectivity index (χ4n) is 2.96. The van der Waals surface area contributed by atoms with Crippen molar-refractivity contribution >= 4 is 34.8 Å². The molecule has 3 aromatic rings. The minimum Gasteiger partial charge on any atom is -0.321 e. The first-order valence-electron chi connectivity index (χ1n) is 8.36. The van der Waals surface area contributed by atoms with Gasteiger partial charge in [-0.2, -0.15) is 0 Å². The number of anilines is 2. The van der Waals surface area contributed by atoms with Crippen molar-refractivity contribution in [2.45, 2.75) is 12.8 Å². The quantitative estimate of drug-likeness (QED) is 0.748. The van der Waals surface area contributed by atoms with Gasteiger partial charge < -0.3 is 10.2 Å². The second kappa shape index (κ2) is 7.16. The van der Waals surface area contributed by atoms with Gasteiger partial charge in [-0.05, 0) is 53.2 Å². The van der Waals surface area contributed by atoms with E-state index in [0.717, 1.165) is 12.1 Å². The molecule has 4 rings (SSSR count). The Morgan fingerprint density at radius 2 is 2.04 bits per heavy atom. The summed E-state index contributed by atoms with van der Waals surface area (Å²) in [5, 5.41) is 14.2. The maximum Gasteiger partial charge on any atom is 0.255 e. The van der Waals surface area contributed by atoms with Gasteiger partial charge in [0.25, 0.3) is 5.91 Å². The van der Waals surface area contributed by atoms with Gasteiger partial charge in [0.2, 0.25) is 5.91 Å². The highest BCUT2D eigenvalue weighted by atomic mass is 35.5. The van der Waals surface area contributed by atoms with E-state index in [1.807, 2.05) is 0 Å². The Bertz CT molecular complexity index is 1000. The van der Waals surface area contributed by atoms with Gasteiger partial charge in [0.05, 0.1) is 16.4 Å². The van der Waals surface area contributed by atoms with E-state index in [4.69, 9.17) is 11.6 Å². The number of benzene rings is 2. The number of hydrogen-bond donors (Lipinski definition) is 1. The molecule has 0 saturated carbocycles. The zero-order valence-corrected chi connectivity index (χ0v) is 14.9. The summed E-state index contributed by atoms with van der Waals surface area (Å²) in [6.07, 6.45) is 2.81. The van der Waals surface area contributed by atoms with E-state index in [9.17, 15) is 9.59 Å². The van der Waals surface area contributed by atoms with E-state index in [1.165, 1.54) is 11.0 Å². The molecular weight excluding hydrogens is 368 g/mol. The van der Waals surface area contributed by atoms with Crippen LogP contribution in [0.5, 0.6) is 0 Å². The van der Waals surface area contributed by atoms with E-state index in [1.54, 1.807) is 47.4 Å². The Labute approximate surface area is 159 Å². The number of aromatic nitrogens is 4. The van der Waals surface area contributed by atoms with Crippen LogP contribution in [0, 0.1) is 0 Å². The number of tetrazole rings is 1. The summed E-state index contributed by atoms with van der Waals surface area (Å²) in [5.74, 6) is -0.250. The number of carbonyl (C=O) groups excluding carboxylic acids is 2. The van der Waals surface area contributed by atoms with E-state index < -0.39 is 0 Å². The smallest absolute Gasteiger partial charge is 0.255 e. The number of amides is 2. The summed E-state index contributed by atoms with van der Waals surface area (Å²) in [5.41, 5.74) is 2.27. The fourth-order valence-corrected chi connectivity index (χ4v) is 3.13. The van der Waals surface area contributed by atoms with Crippen LogP contribution >= 0.6 is 11.6 Å². The lowest BCUT2D eigenvalue weighted by Gasteiger charge is -2.17. The van der Waals surface area contributed by atoms with Crippen LogP contribution in [0.25, 0.3) is 5.69 Å². The van der Waals surface area contributed by atoms with Crippen LogP contribution in [0.1, 0.15) is 23.2 Å². The topological polar surface area (TPSA) is 93.0 Å². The molecule has 0 spiro atoms. The van der Waals surface area contributed by atoms with Gasteiger partial charge >= 0.3 is 0 Å². The zero-order valence-electron chi connectivity index (χ0n) is 14.2. The fraction of sp³-hybridized carbons (Fsp3) is 0.167. The van der Waals surface area contributed by atoms with Gasteiger partial charge in [-0.25, -0.2) is 4.68 Å². The van der Waals surface area contributed by atoms with Gasteiger partial charge in [0, 0.05) is 24.2 Å². The highest BCUT2D eigenvalue weighted by Gasteiger charge is 2.22. The molecule has 9 heteroatoms. The number of nitrogens with one attached hydrogen (secondary N) is 1. The van der Waals surface area contributed by atoms with Crippen LogP contribution in [0.15, 0.2) is 48.8 Å². The molecule has 2 heterocycles. The third kappa shape index (κ3) is 3.52. The van der Waals surface area contributed by atoms with Gasteiger partial charge in [-0.15, -0.1) is 5.10 Å². The summed E-state index contributed by atoms with van der Waals surface area (Å²) in [4.78, 5) is 26.3. The molecule has 1 aliphatic rings. The predicted octanol–water partition coefficient (Wildman–Crippen LogP) is 2.69. The highest BCUT2D eigenvalue weighted by molar-refractivity contribution is 6.34. The maximum atomic E-state index is 12.7. The van der Waals surface area contributed by atoms with E-state index in [0.29, 0.717) is 34.9 Å². The molecule has 1 aliphatic heterocycles. The van der Waals surface area contributed by atoms with E-state index in [-0.39, 0.29) is 11.8 Å². The van der Waals surface area contributed by atoms with Crippen LogP contribution in [-0.2, 0) is 4.79 Å². The average molecular weight is 383 g/mol. The van der Waals surface area contributed by atoms with Crippen LogP contribution in [0.4, 0.5) is 11.4 Å². The molecule has 0 aliphatic carbocycles. The summed E-state index contributed by atoms with van der Waals surface area (Å²) in [6.45, 7) is 0.668. The molecule has 1 N–H and O–H groups in total. The van der Waals surface area contributed by atoms with Gasteiger partial charge in [-0.1, -0.05) is 17.7 Å². The molecule has 0 bridgehead atoms. The van der Waals surface area contributed by atoms with Crippen LogP contribution in [0.3, 0.4) is 0 Å². The van der Waals surface area contributed by atoms with Crippen molar-refractivity contribution in [2.24, 2.45) is 0 Å². The SMILES string of the molecule is O=C(Nc1cc(N2CCCC2=O)ccc1Cl)c1cccc(-n2cnnn2)c1. The number of halogens is 1.